The van der Waals surface area contributed by atoms with Crippen LogP contribution in [0.5, 0.6) is 0 Å². The maximum atomic E-state index is 12.5. The Bertz CT molecular complexity index is 642. The van der Waals surface area contributed by atoms with Crippen LogP contribution in [0.1, 0.15) is 39.5 Å². The third-order valence-electron chi connectivity index (χ3n) is 3.55. The molecule has 0 radical (unpaired) electrons. The summed E-state index contributed by atoms with van der Waals surface area (Å²) in [5.74, 6) is -0.216. The molecule has 0 bridgehead atoms. The lowest BCUT2D eigenvalue weighted by molar-refractivity contribution is 0.163. The van der Waals surface area contributed by atoms with Gasteiger partial charge in [0.15, 0.2) is 0 Å². The second-order valence-electron chi connectivity index (χ2n) is 5.57. The molecule has 0 saturated carbocycles. The first kappa shape index (κ1) is 21.3. The van der Waals surface area contributed by atoms with Gasteiger partial charge >= 0.3 is 6.03 Å². The molecule has 0 aliphatic rings. The fourth-order valence-electron chi connectivity index (χ4n) is 2.18. The van der Waals surface area contributed by atoms with Crippen LogP contribution >= 0.6 is 0 Å². The number of carbonyl (C=O) groups is 1. The molecule has 0 fully saturated rings. The number of ether oxygens (including phenoxy) is 1. The molecule has 0 saturated heterocycles. The fraction of sp³-hybridized carbons (Fsp3) is 0.688. The van der Waals surface area contributed by atoms with Crippen LogP contribution in [-0.2, 0) is 14.6 Å². The molecule has 25 heavy (non-hydrogen) atoms. The topological polar surface area (TPSA) is 94.4 Å². The van der Waals surface area contributed by atoms with Gasteiger partial charge in [-0.25, -0.2) is 18.2 Å². The molecule has 0 aliphatic heterocycles. The Hall–Kier alpha value is -1.74. The number of rotatable bonds is 12. The van der Waals surface area contributed by atoms with E-state index in [1.807, 2.05) is 0 Å². The molecule has 0 aliphatic carbocycles. The van der Waals surface area contributed by atoms with Crippen LogP contribution in [-0.4, -0.2) is 66.2 Å². The summed E-state index contributed by atoms with van der Waals surface area (Å²) in [6.07, 6.45) is 6.91. The monoisotopic (exact) mass is 372 g/mol. The first-order valence-electron chi connectivity index (χ1n) is 8.58. The van der Waals surface area contributed by atoms with E-state index in [-0.39, 0.29) is 17.5 Å². The molecule has 1 heterocycles. The van der Waals surface area contributed by atoms with Crippen LogP contribution in [0.3, 0.4) is 0 Å². The quantitative estimate of drug-likeness (QED) is 0.412. The van der Waals surface area contributed by atoms with Gasteiger partial charge in [0.05, 0.1) is 12.4 Å². The van der Waals surface area contributed by atoms with E-state index < -0.39 is 15.9 Å². The first-order chi connectivity index (χ1) is 12.0. The molecular weight excluding hydrogens is 344 g/mol. The largest absolute Gasteiger partial charge is 0.381 e. The Kier molecular flexibility index (Phi) is 9.36. The molecule has 0 unspecified atom stereocenters. The first-order valence-corrected chi connectivity index (χ1v) is 10.2. The number of nitrogens with zero attached hydrogens (tertiary/aromatic N) is 4. The Morgan fingerprint density at radius 1 is 1.36 bits per heavy atom. The van der Waals surface area contributed by atoms with Gasteiger partial charge in [-0.2, -0.15) is 4.68 Å². The van der Waals surface area contributed by atoms with Crippen molar-refractivity contribution in [1.29, 1.82) is 0 Å². The average Bonchev–Trinajstić information content (AvgIpc) is 3.08. The molecule has 0 spiro atoms. The molecule has 9 heteroatoms. The summed E-state index contributed by atoms with van der Waals surface area (Å²) in [6, 6.07) is -0.407. The highest BCUT2D eigenvalue weighted by Gasteiger charge is 2.23. The zero-order valence-corrected chi connectivity index (χ0v) is 15.9. The predicted octanol–water partition coefficient (Wildman–Crippen LogP) is 2.12. The van der Waals surface area contributed by atoms with Crippen molar-refractivity contribution in [3.63, 3.8) is 0 Å². The van der Waals surface area contributed by atoms with E-state index in [1.54, 1.807) is 17.9 Å². The van der Waals surface area contributed by atoms with Gasteiger partial charge in [0.25, 0.3) is 5.16 Å². The summed E-state index contributed by atoms with van der Waals surface area (Å²) < 4.78 is 30.3. The van der Waals surface area contributed by atoms with Gasteiger partial charge in [-0.1, -0.05) is 32.3 Å². The van der Waals surface area contributed by atoms with Crippen molar-refractivity contribution in [2.75, 3.05) is 32.1 Å². The van der Waals surface area contributed by atoms with Gasteiger partial charge < -0.3 is 9.64 Å². The number of sulfone groups is 1. The van der Waals surface area contributed by atoms with E-state index in [2.05, 4.69) is 23.6 Å². The Morgan fingerprint density at radius 3 is 2.76 bits per heavy atom. The molecule has 1 aromatic heterocycles. The van der Waals surface area contributed by atoms with Crippen LogP contribution in [0.15, 0.2) is 24.1 Å². The molecule has 0 aromatic carbocycles. The molecule has 8 nitrogen and oxygen atoms in total. The lowest BCUT2D eigenvalue weighted by Crippen LogP contribution is -2.36. The van der Waals surface area contributed by atoms with Gasteiger partial charge in [0.2, 0.25) is 9.84 Å². The normalized spacial score (nSPS) is 11.4. The van der Waals surface area contributed by atoms with E-state index in [4.69, 9.17) is 4.74 Å². The second-order valence-corrected chi connectivity index (χ2v) is 7.57. The zero-order valence-electron chi connectivity index (χ0n) is 15.1. The van der Waals surface area contributed by atoms with Crippen LogP contribution in [0, 0.1) is 0 Å². The lowest BCUT2D eigenvalue weighted by atomic mass is 10.2. The van der Waals surface area contributed by atoms with E-state index in [1.165, 1.54) is 0 Å². The summed E-state index contributed by atoms with van der Waals surface area (Å²) in [6.45, 7) is 9.01. The summed E-state index contributed by atoms with van der Waals surface area (Å²) in [5.41, 5.74) is 0. The van der Waals surface area contributed by atoms with Crippen molar-refractivity contribution in [3.05, 3.63) is 19.0 Å². The van der Waals surface area contributed by atoms with E-state index in [9.17, 15) is 13.2 Å². The Balaban J connectivity index is 2.76. The minimum Gasteiger partial charge on any atom is -0.381 e. The van der Waals surface area contributed by atoms with Crippen LogP contribution in [0.4, 0.5) is 4.79 Å². The molecule has 1 aromatic rings. The van der Waals surface area contributed by atoms with Crippen molar-refractivity contribution in [2.24, 2.45) is 0 Å². The van der Waals surface area contributed by atoms with E-state index in [0.717, 1.165) is 36.7 Å². The fourth-order valence-corrected chi connectivity index (χ4v) is 3.12. The third-order valence-corrected chi connectivity index (χ3v) is 4.99. The third kappa shape index (κ3) is 6.95. The van der Waals surface area contributed by atoms with Gasteiger partial charge in [0, 0.05) is 19.7 Å². The summed E-state index contributed by atoms with van der Waals surface area (Å²) in [5, 5.41) is 3.49. The predicted molar refractivity (Wildman–Crippen MR) is 95.3 cm³/mol. The lowest BCUT2D eigenvalue weighted by Gasteiger charge is -2.20. The van der Waals surface area contributed by atoms with E-state index in [0.29, 0.717) is 19.7 Å². The van der Waals surface area contributed by atoms with Gasteiger partial charge in [0.1, 0.15) is 6.33 Å². The number of aromatic nitrogens is 3. The average molecular weight is 372 g/mol. The highest BCUT2D eigenvalue weighted by molar-refractivity contribution is 7.91. The standard InChI is InChI=1S/C16H28N4O4S/c1-4-7-8-9-11-19(10-5-2)16(21)20-14-17-15(18-20)25(22,23)13-12-24-6-3/h5,14H,2,4,6-13H2,1,3H3. The SMILES string of the molecule is C=CCN(CCCCCC)C(=O)n1cnc(S(=O)(=O)CCOCC)n1. The van der Waals surface area contributed by atoms with Crippen molar-refractivity contribution in [3.8, 4) is 0 Å². The van der Waals surface area contributed by atoms with Crippen molar-refractivity contribution < 1.29 is 17.9 Å². The number of hydrogen-bond acceptors (Lipinski definition) is 6. The molecule has 0 N–H and O–H groups in total. The van der Waals surface area contributed by atoms with Crippen molar-refractivity contribution in [1.82, 2.24) is 19.7 Å². The maximum absolute atomic E-state index is 12.5. The zero-order chi connectivity index (χ0) is 18.7. The minimum absolute atomic E-state index is 0.0708. The second kappa shape index (κ2) is 11.0. The summed E-state index contributed by atoms with van der Waals surface area (Å²) in [4.78, 5) is 17.9. The number of carbonyl (C=O) groups excluding carboxylic acids is 1. The van der Waals surface area contributed by atoms with Crippen LogP contribution in [0.25, 0.3) is 0 Å². The van der Waals surface area contributed by atoms with Crippen molar-refractivity contribution >= 4 is 15.9 Å². The highest BCUT2D eigenvalue weighted by Crippen LogP contribution is 2.07. The minimum atomic E-state index is -3.67. The molecule has 142 valence electrons. The number of hydrogen-bond donors (Lipinski definition) is 0. The van der Waals surface area contributed by atoms with Crippen LogP contribution < -0.4 is 0 Å². The van der Waals surface area contributed by atoms with Gasteiger partial charge in [-0.15, -0.1) is 11.7 Å². The van der Waals surface area contributed by atoms with Gasteiger partial charge in [-0.05, 0) is 13.3 Å². The van der Waals surface area contributed by atoms with Crippen molar-refractivity contribution in [2.45, 2.75) is 44.7 Å². The Labute approximate surface area is 149 Å². The van der Waals surface area contributed by atoms with Crippen LogP contribution in [0.2, 0.25) is 0 Å². The molecular formula is C16H28N4O4S. The molecule has 0 atom stereocenters. The Morgan fingerprint density at radius 2 is 2.12 bits per heavy atom. The summed E-state index contributed by atoms with van der Waals surface area (Å²) in [7, 11) is -3.67. The molecule has 1 rings (SSSR count). The summed E-state index contributed by atoms with van der Waals surface area (Å²) >= 11 is 0. The highest BCUT2D eigenvalue weighted by atomic mass is 32.2. The number of unbranched alkanes of at least 4 members (excludes halogenated alkanes) is 3. The maximum Gasteiger partial charge on any atom is 0.346 e. The van der Waals surface area contributed by atoms with Gasteiger partial charge in [-0.3, -0.25) is 0 Å². The number of amides is 1. The smallest absolute Gasteiger partial charge is 0.346 e. The van der Waals surface area contributed by atoms with E-state index >= 15 is 0 Å². The molecule has 1 amide bonds.